The molecule has 0 radical (unpaired) electrons. The number of aryl methyl sites for hydroxylation is 1. The Kier molecular flexibility index (Phi) is 5.81. The summed E-state index contributed by atoms with van der Waals surface area (Å²) in [5.74, 6) is -2.45. The van der Waals surface area contributed by atoms with E-state index in [0.29, 0.717) is 10.0 Å². The summed E-state index contributed by atoms with van der Waals surface area (Å²) in [4.78, 5) is 34.1. The van der Waals surface area contributed by atoms with Crippen molar-refractivity contribution < 1.29 is 23.6 Å². The Balaban J connectivity index is 2.04. The number of nitrogens with one attached hydrogen (secondary N) is 1. The predicted octanol–water partition coefficient (Wildman–Crippen LogP) is 3.60. The molecule has 2 aromatic rings. The van der Waals surface area contributed by atoms with Crippen LogP contribution in [0.3, 0.4) is 0 Å². The molecule has 1 amide bonds. The Morgan fingerprint density at radius 1 is 1.32 bits per heavy atom. The van der Waals surface area contributed by atoms with Gasteiger partial charge < -0.3 is 10.1 Å². The molecule has 0 aliphatic carbocycles. The molecule has 0 heterocycles. The Morgan fingerprint density at radius 2 is 2.04 bits per heavy atom. The maximum atomic E-state index is 13.6. The zero-order valence-electron chi connectivity index (χ0n) is 12.9. The van der Waals surface area contributed by atoms with E-state index < -0.39 is 29.2 Å². The second-order valence-electron chi connectivity index (χ2n) is 4.98. The van der Waals surface area contributed by atoms with Crippen LogP contribution in [-0.2, 0) is 9.53 Å². The minimum Gasteiger partial charge on any atom is -0.452 e. The molecule has 2 rings (SSSR count). The molecule has 130 valence electrons. The van der Waals surface area contributed by atoms with Crippen molar-refractivity contribution in [3.8, 4) is 0 Å². The molecule has 0 atom stereocenters. The number of carbonyl (C=O) groups is 2. The highest BCUT2D eigenvalue weighted by atomic mass is 79.9. The Labute approximate surface area is 150 Å². The molecule has 0 saturated heterocycles. The molecule has 0 aliphatic rings. The van der Waals surface area contributed by atoms with Gasteiger partial charge in [0, 0.05) is 10.0 Å². The Hall–Kier alpha value is -2.81. The minimum absolute atomic E-state index is 0.0780. The average molecular weight is 411 g/mol. The summed E-state index contributed by atoms with van der Waals surface area (Å²) in [6, 6.07) is 8.22. The molecular formula is C16H12BrFN2O5. The Bertz CT molecular complexity index is 856. The standard InChI is InChI=1S/C16H12BrFN2O5/c1-9-3-2-4-11(15(9)20(23)24)16(22)25-8-14(21)19-13-6-5-10(17)7-12(13)18/h2-7H,8H2,1H3,(H,19,21). The van der Waals surface area contributed by atoms with Crippen molar-refractivity contribution in [1.29, 1.82) is 0 Å². The third-order valence-corrected chi connectivity index (χ3v) is 3.67. The first-order valence-corrected chi connectivity index (χ1v) is 7.75. The van der Waals surface area contributed by atoms with Crippen LogP contribution >= 0.6 is 15.9 Å². The van der Waals surface area contributed by atoms with Gasteiger partial charge in [-0.15, -0.1) is 0 Å². The van der Waals surface area contributed by atoms with E-state index >= 15 is 0 Å². The van der Waals surface area contributed by atoms with Crippen molar-refractivity contribution in [2.75, 3.05) is 11.9 Å². The lowest BCUT2D eigenvalue weighted by Crippen LogP contribution is -2.22. The number of hydrogen-bond acceptors (Lipinski definition) is 5. The van der Waals surface area contributed by atoms with Crippen LogP contribution in [0, 0.1) is 22.9 Å². The second-order valence-corrected chi connectivity index (χ2v) is 5.89. The lowest BCUT2D eigenvalue weighted by atomic mass is 10.1. The second kappa shape index (κ2) is 7.84. The highest BCUT2D eigenvalue weighted by Crippen LogP contribution is 2.24. The average Bonchev–Trinajstić information content (AvgIpc) is 2.54. The number of nitrogens with zero attached hydrogens (tertiary/aromatic N) is 1. The number of carbonyl (C=O) groups excluding carboxylic acids is 2. The van der Waals surface area contributed by atoms with Crippen molar-refractivity contribution in [2.24, 2.45) is 0 Å². The number of nitro groups is 1. The fraction of sp³-hybridized carbons (Fsp3) is 0.125. The number of para-hydroxylation sites is 1. The normalized spacial score (nSPS) is 10.2. The zero-order chi connectivity index (χ0) is 18.6. The van der Waals surface area contributed by atoms with Crippen molar-refractivity contribution in [3.63, 3.8) is 0 Å². The van der Waals surface area contributed by atoms with E-state index in [-0.39, 0.29) is 16.9 Å². The number of esters is 1. The van der Waals surface area contributed by atoms with Gasteiger partial charge in [0.1, 0.15) is 11.4 Å². The number of nitro benzene ring substituents is 1. The number of halogens is 2. The lowest BCUT2D eigenvalue weighted by molar-refractivity contribution is -0.385. The van der Waals surface area contributed by atoms with Gasteiger partial charge in [-0.25, -0.2) is 9.18 Å². The van der Waals surface area contributed by atoms with E-state index in [1.54, 1.807) is 0 Å². The van der Waals surface area contributed by atoms with E-state index in [1.165, 1.54) is 37.3 Å². The molecule has 0 bridgehead atoms. The van der Waals surface area contributed by atoms with E-state index in [0.717, 1.165) is 6.07 Å². The highest BCUT2D eigenvalue weighted by Gasteiger charge is 2.24. The molecule has 25 heavy (non-hydrogen) atoms. The van der Waals surface area contributed by atoms with E-state index in [2.05, 4.69) is 21.2 Å². The summed E-state index contributed by atoms with van der Waals surface area (Å²) in [5, 5.41) is 13.3. The number of benzene rings is 2. The first kappa shape index (κ1) is 18.5. The van der Waals surface area contributed by atoms with Gasteiger partial charge in [0.05, 0.1) is 10.6 Å². The number of ether oxygens (including phenoxy) is 1. The van der Waals surface area contributed by atoms with Gasteiger partial charge >= 0.3 is 5.97 Å². The van der Waals surface area contributed by atoms with Crippen LogP contribution in [0.1, 0.15) is 15.9 Å². The summed E-state index contributed by atoms with van der Waals surface area (Å²) in [6.45, 7) is 0.775. The van der Waals surface area contributed by atoms with Gasteiger partial charge in [-0.2, -0.15) is 0 Å². The van der Waals surface area contributed by atoms with Crippen molar-refractivity contribution in [3.05, 3.63) is 67.9 Å². The summed E-state index contributed by atoms with van der Waals surface area (Å²) in [7, 11) is 0. The third-order valence-electron chi connectivity index (χ3n) is 3.18. The quantitative estimate of drug-likeness (QED) is 0.461. The topological polar surface area (TPSA) is 98.5 Å². The van der Waals surface area contributed by atoms with Gasteiger partial charge in [0.25, 0.3) is 11.6 Å². The molecular weight excluding hydrogens is 399 g/mol. The lowest BCUT2D eigenvalue weighted by Gasteiger charge is -2.08. The molecule has 7 nitrogen and oxygen atoms in total. The fourth-order valence-electron chi connectivity index (χ4n) is 2.05. The van der Waals surface area contributed by atoms with Crippen LogP contribution in [0.2, 0.25) is 0 Å². The highest BCUT2D eigenvalue weighted by molar-refractivity contribution is 9.10. The molecule has 0 fully saturated rings. The molecule has 1 N–H and O–H groups in total. The SMILES string of the molecule is Cc1cccc(C(=O)OCC(=O)Nc2ccc(Br)cc2F)c1[N+](=O)[O-]. The van der Waals surface area contributed by atoms with E-state index in [4.69, 9.17) is 4.74 Å². The summed E-state index contributed by atoms with van der Waals surface area (Å²) < 4.78 is 18.9. The Morgan fingerprint density at radius 3 is 2.68 bits per heavy atom. The van der Waals surface area contributed by atoms with Gasteiger partial charge in [0.2, 0.25) is 0 Å². The van der Waals surface area contributed by atoms with Crippen LogP contribution in [0.15, 0.2) is 40.9 Å². The van der Waals surface area contributed by atoms with Gasteiger partial charge in [-0.1, -0.05) is 28.1 Å². The maximum Gasteiger partial charge on any atom is 0.345 e. The molecule has 0 unspecified atom stereocenters. The largest absolute Gasteiger partial charge is 0.452 e. The van der Waals surface area contributed by atoms with Gasteiger partial charge in [-0.05, 0) is 31.2 Å². The van der Waals surface area contributed by atoms with Crippen LogP contribution in [0.5, 0.6) is 0 Å². The first-order chi connectivity index (χ1) is 11.8. The summed E-state index contributed by atoms with van der Waals surface area (Å²) >= 11 is 3.09. The monoisotopic (exact) mass is 410 g/mol. The van der Waals surface area contributed by atoms with Crippen LogP contribution < -0.4 is 5.32 Å². The number of anilines is 1. The number of amides is 1. The fourth-order valence-corrected chi connectivity index (χ4v) is 2.39. The van der Waals surface area contributed by atoms with Gasteiger partial charge in [-0.3, -0.25) is 14.9 Å². The summed E-state index contributed by atoms with van der Waals surface area (Å²) in [6.07, 6.45) is 0. The van der Waals surface area contributed by atoms with Crippen LogP contribution in [0.25, 0.3) is 0 Å². The van der Waals surface area contributed by atoms with E-state index in [9.17, 15) is 24.1 Å². The molecule has 9 heteroatoms. The molecule has 0 aliphatic heterocycles. The number of rotatable bonds is 5. The third kappa shape index (κ3) is 4.60. The van der Waals surface area contributed by atoms with Crippen LogP contribution in [-0.4, -0.2) is 23.4 Å². The first-order valence-electron chi connectivity index (χ1n) is 6.95. The minimum atomic E-state index is -1.01. The van der Waals surface area contributed by atoms with Gasteiger partial charge in [0.15, 0.2) is 6.61 Å². The zero-order valence-corrected chi connectivity index (χ0v) is 14.5. The maximum absolute atomic E-state index is 13.6. The summed E-state index contributed by atoms with van der Waals surface area (Å²) in [5.41, 5.74) is -0.425. The number of hydrogen-bond donors (Lipinski definition) is 1. The molecule has 0 spiro atoms. The molecule has 0 saturated carbocycles. The molecule has 0 aromatic heterocycles. The van der Waals surface area contributed by atoms with Crippen molar-refractivity contribution in [2.45, 2.75) is 6.92 Å². The predicted molar refractivity (Wildman–Crippen MR) is 90.8 cm³/mol. The van der Waals surface area contributed by atoms with Crippen molar-refractivity contribution >= 4 is 39.2 Å². The van der Waals surface area contributed by atoms with Crippen molar-refractivity contribution in [1.82, 2.24) is 0 Å². The smallest absolute Gasteiger partial charge is 0.345 e. The molecule has 2 aromatic carbocycles. The van der Waals surface area contributed by atoms with Crippen LogP contribution in [0.4, 0.5) is 15.8 Å². The van der Waals surface area contributed by atoms with E-state index in [1.807, 2.05) is 0 Å².